The van der Waals surface area contributed by atoms with E-state index in [1.54, 1.807) is 18.4 Å². The summed E-state index contributed by atoms with van der Waals surface area (Å²) in [6.45, 7) is 6.35. The van der Waals surface area contributed by atoms with Gasteiger partial charge in [-0.1, -0.05) is 17.7 Å². The number of rotatable bonds is 4. The van der Waals surface area contributed by atoms with Crippen molar-refractivity contribution in [2.45, 2.75) is 40.2 Å². The van der Waals surface area contributed by atoms with E-state index >= 15 is 0 Å². The lowest BCUT2D eigenvalue weighted by Gasteiger charge is -2.10. The molecule has 1 amide bonds. The monoisotopic (exact) mass is 382 g/mol. The fraction of sp³-hybridized carbons (Fsp3) is 0.333. The zero-order valence-corrected chi connectivity index (χ0v) is 16.8. The molecule has 1 aliphatic carbocycles. The number of carbonyl (C=O) groups is 1. The molecule has 0 radical (unpaired) electrons. The molecule has 5 nitrogen and oxygen atoms in total. The highest BCUT2D eigenvalue weighted by Crippen LogP contribution is 2.40. The smallest absolute Gasteiger partial charge is 0.287 e. The van der Waals surface area contributed by atoms with Crippen LogP contribution in [-0.2, 0) is 19.4 Å². The van der Waals surface area contributed by atoms with E-state index in [-0.39, 0.29) is 5.91 Å². The number of carbonyl (C=O) groups excluding carboxylic acids is 1. The van der Waals surface area contributed by atoms with Crippen molar-refractivity contribution in [2.24, 2.45) is 0 Å². The molecule has 0 spiro atoms. The lowest BCUT2D eigenvalue weighted by atomic mass is 9.97. The van der Waals surface area contributed by atoms with Gasteiger partial charge in [-0.2, -0.15) is 0 Å². The number of aryl methyl sites for hydroxylation is 4. The van der Waals surface area contributed by atoms with E-state index in [1.807, 2.05) is 39.0 Å². The zero-order valence-electron chi connectivity index (χ0n) is 15.9. The molecule has 0 saturated carbocycles. The molecule has 1 aromatic carbocycles. The van der Waals surface area contributed by atoms with Gasteiger partial charge < -0.3 is 14.5 Å². The Balaban J connectivity index is 1.60. The van der Waals surface area contributed by atoms with Crippen molar-refractivity contribution in [2.75, 3.05) is 7.11 Å². The van der Waals surface area contributed by atoms with E-state index in [9.17, 15) is 4.79 Å². The molecular formula is C21H22N2O3S. The molecule has 0 bridgehead atoms. The number of ether oxygens (including phenoxy) is 1. The lowest BCUT2D eigenvalue weighted by molar-refractivity contribution is 0.0920. The summed E-state index contributed by atoms with van der Waals surface area (Å²) in [5.41, 5.74) is 4.91. The van der Waals surface area contributed by atoms with E-state index in [0.717, 1.165) is 57.3 Å². The number of nitrogens with zero attached hydrogens (tertiary/aromatic N) is 1. The van der Waals surface area contributed by atoms with E-state index < -0.39 is 0 Å². The first-order chi connectivity index (χ1) is 13.0. The summed E-state index contributed by atoms with van der Waals surface area (Å²) in [5, 5.41) is 4.01. The maximum Gasteiger partial charge on any atom is 0.287 e. The Kier molecular flexibility index (Phi) is 4.52. The minimum atomic E-state index is -0.209. The molecule has 2 heterocycles. The van der Waals surface area contributed by atoms with Crippen LogP contribution in [0.2, 0.25) is 0 Å². The van der Waals surface area contributed by atoms with E-state index in [1.165, 1.54) is 4.88 Å². The van der Waals surface area contributed by atoms with Crippen molar-refractivity contribution >= 4 is 17.2 Å². The Morgan fingerprint density at radius 3 is 2.89 bits per heavy atom. The van der Waals surface area contributed by atoms with E-state index in [0.29, 0.717) is 12.3 Å². The fourth-order valence-corrected chi connectivity index (χ4v) is 4.58. The van der Waals surface area contributed by atoms with Gasteiger partial charge in [-0.25, -0.2) is 4.98 Å². The second-order valence-corrected chi connectivity index (χ2v) is 8.14. The number of nitrogens with one attached hydrogen (secondary N) is 1. The minimum absolute atomic E-state index is 0.209. The molecular weight excluding hydrogens is 360 g/mol. The summed E-state index contributed by atoms with van der Waals surface area (Å²) >= 11 is 1.73. The molecule has 140 valence electrons. The standard InChI is InChI=1S/C21H22N2O3S/c1-11-5-6-15(25-4)14(9-11)10-22-21(24)20-12(2)18-16(26-20)7-8-17-19(18)23-13(3)27-17/h5-6,9H,7-8,10H2,1-4H3,(H,22,24). The van der Waals surface area contributed by atoms with Crippen LogP contribution in [0.1, 0.15) is 42.9 Å². The van der Waals surface area contributed by atoms with Gasteiger partial charge >= 0.3 is 0 Å². The summed E-state index contributed by atoms with van der Waals surface area (Å²) in [6, 6.07) is 5.92. The predicted octanol–water partition coefficient (Wildman–Crippen LogP) is 4.37. The third-order valence-electron chi connectivity index (χ3n) is 4.92. The highest BCUT2D eigenvalue weighted by atomic mass is 32.1. The maximum atomic E-state index is 12.8. The van der Waals surface area contributed by atoms with Gasteiger partial charge in [0.05, 0.1) is 17.8 Å². The number of aromatic nitrogens is 1. The van der Waals surface area contributed by atoms with Crippen LogP contribution in [0.3, 0.4) is 0 Å². The normalized spacial score (nSPS) is 12.4. The SMILES string of the molecule is COc1ccc(C)cc1CNC(=O)c1oc2c(c1C)-c1nc(C)sc1CC2. The van der Waals surface area contributed by atoms with Crippen molar-refractivity contribution in [1.29, 1.82) is 0 Å². The first-order valence-electron chi connectivity index (χ1n) is 8.98. The Morgan fingerprint density at radius 2 is 2.11 bits per heavy atom. The van der Waals surface area contributed by atoms with Gasteiger partial charge in [0.2, 0.25) is 0 Å². The lowest BCUT2D eigenvalue weighted by Crippen LogP contribution is -2.23. The highest BCUT2D eigenvalue weighted by molar-refractivity contribution is 7.12. The van der Waals surface area contributed by atoms with Crippen molar-refractivity contribution < 1.29 is 13.9 Å². The summed E-state index contributed by atoms with van der Waals surface area (Å²) < 4.78 is 11.3. The molecule has 4 rings (SSSR count). The molecule has 1 N–H and O–H groups in total. The number of hydrogen-bond donors (Lipinski definition) is 1. The third kappa shape index (κ3) is 3.14. The number of benzene rings is 1. The average molecular weight is 382 g/mol. The molecule has 3 aromatic rings. The van der Waals surface area contributed by atoms with Crippen molar-refractivity contribution in [1.82, 2.24) is 10.3 Å². The highest BCUT2D eigenvalue weighted by Gasteiger charge is 2.29. The molecule has 0 saturated heterocycles. The molecule has 27 heavy (non-hydrogen) atoms. The minimum Gasteiger partial charge on any atom is -0.496 e. The molecule has 2 aromatic heterocycles. The van der Waals surface area contributed by atoms with Crippen molar-refractivity contribution in [3.63, 3.8) is 0 Å². The van der Waals surface area contributed by atoms with Crippen LogP contribution in [0.4, 0.5) is 0 Å². The fourth-order valence-electron chi connectivity index (χ4n) is 3.64. The van der Waals surface area contributed by atoms with Crippen LogP contribution in [0.15, 0.2) is 22.6 Å². The summed E-state index contributed by atoms with van der Waals surface area (Å²) in [4.78, 5) is 18.7. The molecule has 0 fully saturated rings. The first-order valence-corrected chi connectivity index (χ1v) is 9.80. The Bertz CT molecular complexity index is 1030. The van der Waals surface area contributed by atoms with Crippen LogP contribution in [-0.4, -0.2) is 18.0 Å². The van der Waals surface area contributed by atoms with Crippen LogP contribution in [0.5, 0.6) is 5.75 Å². The summed E-state index contributed by atoms with van der Waals surface area (Å²) in [6.07, 6.45) is 1.73. The number of thiazole rings is 1. The van der Waals surface area contributed by atoms with Crippen molar-refractivity contribution in [3.8, 4) is 17.0 Å². The third-order valence-corrected chi connectivity index (χ3v) is 5.95. The van der Waals surface area contributed by atoms with Crippen LogP contribution >= 0.6 is 11.3 Å². The van der Waals surface area contributed by atoms with Gasteiger partial charge in [0, 0.05) is 34.5 Å². The molecule has 0 aliphatic heterocycles. The van der Waals surface area contributed by atoms with Crippen molar-refractivity contribution in [3.05, 3.63) is 56.3 Å². The summed E-state index contributed by atoms with van der Waals surface area (Å²) in [5.74, 6) is 1.80. The van der Waals surface area contributed by atoms with Gasteiger partial charge in [0.15, 0.2) is 5.76 Å². The van der Waals surface area contributed by atoms with Crippen LogP contribution in [0.25, 0.3) is 11.3 Å². The average Bonchev–Trinajstić information content (AvgIpc) is 3.19. The topological polar surface area (TPSA) is 64.4 Å². The van der Waals surface area contributed by atoms with Crippen LogP contribution < -0.4 is 10.1 Å². The predicted molar refractivity (Wildman–Crippen MR) is 106 cm³/mol. The molecule has 0 unspecified atom stereocenters. The van der Waals surface area contributed by atoms with Gasteiger partial charge in [-0.15, -0.1) is 11.3 Å². The number of hydrogen-bond acceptors (Lipinski definition) is 5. The quantitative estimate of drug-likeness (QED) is 0.728. The van der Waals surface area contributed by atoms with Crippen LogP contribution in [0, 0.1) is 20.8 Å². The van der Waals surface area contributed by atoms with Gasteiger partial charge in [0.1, 0.15) is 11.5 Å². The second kappa shape index (κ2) is 6.85. The number of amides is 1. The Hall–Kier alpha value is -2.60. The first kappa shape index (κ1) is 17.8. The maximum absolute atomic E-state index is 12.8. The Labute approximate surface area is 162 Å². The molecule has 0 atom stereocenters. The van der Waals surface area contributed by atoms with Gasteiger partial charge in [0.25, 0.3) is 5.91 Å². The van der Waals surface area contributed by atoms with Gasteiger partial charge in [-0.05, 0) is 33.3 Å². The van der Waals surface area contributed by atoms with Gasteiger partial charge in [-0.3, -0.25) is 4.79 Å². The molecule has 1 aliphatic rings. The van der Waals surface area contributed by atoms with E-state index in [4.69, 9.17) is 9.15 Å². The summed E-state index contributed by atoms with van der Waals surface area (Å²) in [7, 11) is 1.63. The number of fused-ring (bicyclic) bond motifs is 3. The largest absolute Gasteiger partial charge is 0.496 e. The van der Waals surface area contributed by atoms with E-state index in [2.05, 4.69) is 10.3 Å². The second-order valence-electron chi connectivity index (χ2n) is 6.86. The zero-order chi connectivity index (χ0) is 19.1. The molecule has 6 heteroatoms. The number of furan rings is 1. The number of methoxy groups -OCH3 is 1. The Morgan fingerprint density at radius 1 is 1.30 bits per heavy atom.